The van der Waals surface area contributed by atoms with Crippen LogP contribution in [-0.2, 0) is 9.59 Å². The summed E-state index contributed by atoms with van der Waals surface area (Å²) >= 11 is 14.1. The number of amides is 2. The molecule has 0 aliphatic carbocycles. The van der Waals surface area contributed by atoms with E-state index in [2.05, 4.69) is 83.8 Å². The number of hydrogen-bond donors (Lipinski definition) is 0. The molecular weight excluding hydrogens is 756 g/mol. The van der Waals surface area contributed by atoms with Gasteiger partial charge >= 0.3 is 0 Å². The average molecular weight is 795 g/mol. The first-order valence-electron chi connectivity index (χ1n) is 15.8. The van der Waals surface area contributed by atoms with E-state index in [4.69, 9.17) is 0 Å². The van der Waals surface area contributed by atoms with E-state index in [1.165, 1.54) is 18.8 Å². The zero-order chi connectivity index (χ0) is 31.1. The Bertz CT molecular complexity index is 1580. The zero-order valence-electron chi connectivity index (χ0n) is 25.6. The zero-order valence-corrected chi connectivity index (χ0v) is 32.1. The summed E-state index contributed by atoms with van der Waals surface area (Å²) in [4.78, 5) is 35.5. The lowest BCUT2D eigenvalue weighted by atomic mass is 9.98. The Hall–Kier alpha value is -1.30. The van der Waals surface area contributed by atoms with Crippen LogP contribution in [0.25, 0.3) is 30.2 Å². The van der Waals surface area contributed by atoms with Crippen LogP contribution >= 0.6 is 77.2 Å². The fourth-order valence-electron chi connectivity index (χ4n) is 6.45. The highest BCUT2D eigenvalue weighted by Crippen LogP contribution is 2.52. The van der Waals surface area contributed by atoms with Gasteiger partial charge in [-0.05, 0) is 80.8 Å². The predicted molar refractivity (Wildman–Crippen MR) is 199 cm³/mol. The van der Waals surface area contributed by atoms with Crippen LogP contribution in [0.5, 0.6) is 0 Å². The summed E-state index contributed by atoms with van der Waals surface area (Å²) in [6.07, 6.45) is 8.76. The van der Waals surface area contributed by atoms with Crippen LogP contribution in [0.1, 0.15) is 88.8 Å². The molecule has 6 rings (SSSR count). The third kappa shape index (κ3) is 6.08. The monoisotopic (exact) mass is 792 g/mol. The molecule has 10 heteroatoms. The second-order valence-electron chi connectivity index (χ2n) is 11.9. The molecule has 6 heterocycles. The van der Waals surface area contributed by atoms with Crippen LogP contribution in [-0.4, -0.2) is 34.7 Å². The number of thiophene rings is 4. The van der Waals surface area contributed by atoms with Crippen molar-refractivity contribution in [1.29, 1.82) is 0 Å². The third-order valence-electron chi connectivity index (χ3n) is 8.97. The lowest BCUT2D eigenvalue weighted by Gasteiger charge is -2.29. The fourth-order valence-corrected chi connectivity index (χ4v) is 12.6. The summed E-state index contributed by atoms with van der Waals surface area (Å²) in [7, 11) is 0. The van der Waals surface area contributed by atoms with Crippen LogP contribution in [0.3, 0.4) is 0 Å². The number of halogens is 2. The topological polar surface area (TPSA) is 40.6 Å². The molecule has 2 unspecified atom stereocenters. The maximum atomic E-state index is 14.8. The molecule has 0 spiro atoms. The Balaban J connectivity index is 1.53. The van der Waals surface area contributed by atoms with Crippen molar-refractivity contribution >= 4 is 119 Å². The molecule has 4 aromatic heterocycles. The summed E-state index contributed by atoms with van der Waals surface area (Å²) in [5.41, 5.74) is 2.90. The first-order valence-corrected chi connectivity index (χ1v) is 20.6. The number of fused-ring (bicyclic) bond motifs is 3. The van der Waals surface area contributed by atoms with Crippen molar-refractivity contribution in [2.45, 2.75) is 79.1 Å². The van der Waals surface area contributed by atoms with Gasteiger partial charge in [0.25, 0.3) is 11.8 Å². The first-order chi connectivity index (χ1) is 21.3. The van der Waals surface area contributed by atoms with Crippen molar-refractivity contribution < 1.29 is 9.59 Å². The standard InChI is InChI=1S/C34H38Br2N2O2S4/c1-5-9-11-19(7-3)17-37-31(25-13-21-23(41-25)15-27(35)43-21)29-30(33(37)39)32(26-14-22-24(42-26)16-28(36)44-22)38(34(29)40)18-20(8-4)12-10-6-2/h13-16,19-20H,5-12,17-18H2,1-4H3. The molecule has 0 saturated heterocycles. The molecule has 44 heavy (non-hydrogen) atoms. The molecule has 0 radical (unpaired) electrons. The van der Waals surface area contributed by atoms with Crippen LogP contribution in [0.4, 0.5) is 0 Å². The fraction of sp³-hybridized carbons (Fsp3) is 0.471. The van der Waals surface area contributed by atoms with Crippen molar-refractivity contribution in [2.24, 2.45) is 11.8 Å². The van der Waals surface area contributed by atoms with Gasteiger partial charge in [0.15, 0.2) is 0 Å². The average Bonchev–Trinajstić information content (AvgIpc) is 3.81. The molecule has 2 amide bonds. The normalized spacial score (nSPS) is 17.0. The smallest absolute Gasteiger partial charge is 0.261 e. The van der Waals surface area contributed by atoms with Gasteiger partial charge in [0.2, 0.25) is 0 Å². The van der Waals surface area contributed by atoms with Gasteiger partial charge in [-0.25, -0.2) is 0 Å². The number of nitrogens with zero attached hydrogens (tertiary/aromatic N) is 2. The molecule has 2 aliphatic rings. The summed E-state index contributed by atoms with van der Waals surface area (Å²) in [6, 6.07) is 8.69. The molecule has 0 saturated carbocycles. The minimum absolute atomic E-state index is 0.00623. The van der Waals surface area contributed by atoms with E-state index in [0.717, 1.165) is 80.1 Å². The lowest BCUT2D eigenvalue weighted by Crippen LogP contribution is -2.34. The summed E-state index contributed by atoms with van der Waals surface area (Å²) < 4.78 is 6.94. The lowest BCUT2D eigenvalue weighted by molar-refractivity contribution is -0.124. The highest BCUT2D eigenvalue weighted by molar-refractivity contribution is 9.11. The van der Waals surface area contributed by atoms with E-state index in [1.54, 1.807) is 45.3 Å². The van der Waals surface area contributed by atoms with E-state index in [-0.39, 0.29) is 11.8 Å². The second kappa shape index (κ2) is 13.8. The Morgan fingerprint density at radius 3 is 1.34 bits per heavy atom. The van der Waals surface area contributed by atoms with Gasteiger partial charge < -0.3 is 9.80 Å². The second-order valence-corrected chi connectivity index (χ2v) is 19.0. The van der Waals surface area contributed by atoms with Crippen LogP contribution < -0.4 is 0 Å². The largest absolute Gasteiger partial charge is 0.306 e. The molecular formula is C34H38Br2N2O2S4. The minimum atomic E-state index is -0.00623. The van der Waals surface area contributed by atoms with E-state index in [0.29, 0.717) is 36.1 Å². The summed E-state index contributed by atoms with van der Waals surface area (Å²) in [5.74, 6) is 0.769. The third-order valence-corrected chi connectivity index (χ3v) is 14.6. The van der Waals surface area contributed by atoms with E-state index < -0.39 is 0 Å². The molecule has 0 aromatic carbocycles. The van der Waals surface area contributed by atoms with Gasteiger partial charge in [0.05, 0.1) is 39.9 Å². The van der Waals surface area contributed by atoms with Crippen molar-refractivity contribution in [3.63, 3.8) is 0 Å². The minimum Gasteiger partial charge on any atom is -0.306 e. The van der Waals surface area contributed by atoms with Gasteiger partial charge in [-0.15, -0.1) is 45.3 Å². The maximum Gasteiger partial charge on any atom is 0.261 e. The first kappa shape index (κ1) is 32.6. The van der Waals surface area contributed by atoms with Crippen molar-refractivity contribution in [1.82, 2.24) is 9.80 Å². The highest BCUT2D eigenvalue weighted by Gasteiger charge is 2.50. The van der Waals surface area contributed by atoms with E-state index >= 15 is 0 Å². The Labute approximate surface area is 293 Å². The number of unbranched alkanes of at least 4 members (excludes halogenated alkanes) is 2. The Morgan fingerprint density at radius 1 is 0.614 bits per heavy atom. The molecule has 4 aromatic rings. The van der Waals surface area contributed by atoms with Gasteiger partial charge in [0, 0.05) is 31.9 Å². The van der Waals surface area contributed by atoms with Crippen LogP contribution in [0.2, 0.25) is 0 Å². The maximum absolute atomic E-state index is 14.8. The van der Waals surface area contributed by atoms with Gasteiger partial charge in [-0.2, -0.15) is 0 Å². The highest BCUT2D eigenvalue weighted by atomic mass is 79.9. The molecule has 0 bridgehead atoms. The summed E-state index contributed by atoms with van der Waals surface area (Å²) in [5, 5.41) is 0. The van der Waals surface area contributed by atoms with Gasteiger partial charge in [-0.1, -0.05) is 66.2 Å². The number of rotatable bonds is 14. The van der Waals surface area contributed by atoms with Crippen LogP contribution in [0.15, 0.2) is 43.0 Å². The van der Waals surface area contributed by atoms with Crippen molar-refractivity contribution in [3.05, 3.63) is 52.7 Å². The number of carbonyl (C=O) groups excluding carboxylic acids is 2. The van der Waals surface area contributed by atoms with Crippen LogP contribution in [0, 0.1) is 11.8 Å². The van der Waals surface area contributed by atoms with Crippen molar-refractivity contribution in [2.75, 3.05) is 13.1 Å². The molecule has 2 aliphatic heterocycles. The van der Waals surface area contributed by atoms with E-state index in [1.807, 2.05) is 9.80 Å². The number of hydrogen-bond acceptors (Lipinski definition) is 6. The molecule has 0 fully saturated rings. The molecule has 2 atom stereocenters. The quantitative estimate of drug-likeness (QED) is 0.128. The van der Waals surface area contributed by atoms with Gasteiger partial charge in [0.1, 0.15) is 0 Å². The van der Waals surface area contributed by atoms with Gasteiger partial charge in [-0.3, -0.25) is 9.59 Å². The van der Waals surface area contributed by atoms with Crippen molar-refractivity contribution in [3.8, 4) is 0 Å². The Morgan fingerprint density at radius 2 is 1.00 bits per heavy atom. The molecule has 0 N–H and O–H groups in total. The SMILES string of the molecule is CCCCC(CC)CN1C(=O)C2=C(c3cc4sc(Br)cc4s3)N(CC(CC)CCCC)C(=O)C2=C1c1cc2sc(Br)cc2s1. The van der Waals surface area contributed by atoms with E-state index in [9.17, 15) is 9.59 Å². The summed E-state index contributed by atoms with van der Waals surface area (Å²) in [6.45, 7) is 10.2. The predicted octanol–water partition coefficient (Wildman–Crippen LogP) is 12.0. The molecule has 4 nitrogen and oxygen atoms in total. The number of carbonyl (C=O) groups is 2. The molecule has 234 valence electrons. The Kier molecular flexibility index (Phi) is 10.2.